The summed E-state index contributed by atoms with van der Waals surface area (Å²) in [7, 11) is 0. The summed E-state index contributed by atoms with van der Waals surface area (Å²) in [4.78, 5) is 11.8. The number of nitrogens with two attached hydrogens (primary N) is 2. The topological polar surface area (TPSA) is 98.6 Å². The number of phenols is 1. The van der Waals surface area contributed by atoms with Crippen molar-refractivity contribution in [3.05, 3.63) is 53.6 Å². The van der Waals surface area contributed by atoms with Crippen LogP contribution in [0.15, 0.2) is 42.5 Å². The summed E-state index contributed by atoms with van der Waals surface area (Å²) in [5.41, 5.74) is 13.0. The van der Waals surface area contributed by atoms with Crippen molar-refractivity contribution in [3.63, 3.8) is 0 Å². The van der Waals surface area contributed by atoms with Gasteiger partial charge in [0.1, 0.15) is 12.4 Å². The molecule has 0 unspecified atom stereocenters. The zero-order valence-electron chi connectivity index (χ0n) is 10.2. The molecule has 0 saturated heterocycles. The van der Waals surface area contributed by atoms with E-state index in [1.807, 2.05) is 6.07 Å². The van der Waals surface area contributed by atoms with E-state index in [0.29, 0.717) is 22.5 Å². The van der Waals surface area contributed by atoms with Crippen molar-refractivity contribution in [2.75, 3.05) is 11.5 Å². The molecule has 5 N–H and O–H groups in total. The molecule has 0 fully saturated rings. The second kappa shape index (κ2) is 5.30. The van der Waals surface area contributed by atoms with Gasteiger partial charge >= 0.3 is 5.97 Å². The molecule has 2 aromatic rings. The Hall–Kier alpha value is -2.69. The number of carbonyl (C=O) groups excluding carboxylic acids is 1. The Bertz CT molecular complexity index is 574. The van der Waals surface area contributed by atoms with Crippen LogP contribution in [-0.2, 0) is 11.3 Å². The van der Waals surface area contributed by atoms with Crippen LogP contribution in [0.5, 0.6) is 5.75 Å². The van der Waals surface area contributed by atoms with Gasteiger partial charge in [-0.05, 0) is 12.1 Å². The van der Waals surface area contributed by atoms with Gasteiger partial charge in [0, 0.05) is 29.1 Å². The van der Waals surface area contributed by atoms with Gasteiger partial charge in [-0.3, -0.25) is 0 Å². The van der Waals surface area contributed by atoms with E-state index in [2.05, 4.69) is 0 Å². The molecule has 0 heterocycles. The molecule has 0 spiro atoms. The van der Waals surface area contributed by atoms with Crippen LogP contribution < -0.4 is 11.5 Å². The summed E-state index contributed by atoms with van der Waals surface area (Å²) < 4.78 is 5.14. The van der Waals surface area contributed by atoms with Gasteiger partial charge in [0.15, 0.2) is 0 Å². The lowest BCUT2D eigenvalue weighted by molar-refractivity contribution is 0.0474. The first kappa shape index (κ1) is 12.8. The average Bonchev–Trinajstić information content (AvgIpc) is 2.38. The summed E-state index contributed by atoms with van der Waals surface area (Å²) >= 11 is 0. The van der Waals surface area contributed by atoms with E-state index in [4.69, 9.17) is 16.2 Å². The highest BCUT2D eigenvalue weighted by atomic mass is 16.5. The summed E-state index contributed by atoms with van der Waals surface area (Å²) in [5.74, 6) is -0.472. The van der Waals surface area contributed by atoms with Crippen molar-refractivity contribution in [2.45, 2.75) is 6.61 Å². The Morgan fingerprint density at radius 1 is 1.11 bits per heavy atom. The van der Waals surface area contributed by atoms with Gasteiger partial charge in [0.05, 0.1) is 5.56 Å². The zero-order valence-corrected chi connectivity index (χ0v) is 10.2. The van der Waals surface area contributed by atoms with Crippen LogP contribution in [-0.4, -0.2) is 11.1 Å². The molecule has 0 aliphatic heterocycles. The van der Waals surface area contributed by atoms with Gasteiger partial charge < -0.3 is 21.3 Å². The third kappa shape index (κ3) is 2.95. The molecule has 0 aliphatic carbocycles. The predicted molar refractivity (Wildman–Crippen MR) is 72.5 cm³/mol. The standard InChI is InChI=1S/C14H14N2O3/c15-12-6-10(17)7-13(16)11(12)8-19-14(18)9-4-2-1-3-5-9/h1-7,17H,8,15-16H2. The number of benzene rings is 2. The SMILES string of the molecule is Nc1cc(O)cc(N)c1COC(=O)c1ccccc1. The van der Waals surface area contributed by atoms with E-state index in [1.165, 1.54) is 12.1 Å². The highest BCUT2D eigenvalue weighted by molar-refractivity contribution is 5.89. The normalized spacial score (nSPS) is 10.1. The number of hydrogen-bond donors (Lipinski definition) is 3. The molecule has 0 atom stereocenters. The van der Waals surface area contributed by atoms with Crippen molar-refractivity contribution < 1.29 is 14.6 Å². The van der Waals surface area contributed by atoms with Crippen LogP contribution in [0.1, 0.15) is 15.9 Å². The molecular weight excluding hydrogens is 244 g/mol. The first-order chi connectivity index (χ1) is 9.08. The predicted octanol–water partition coefficient (Wildman–Crippen LogP) is 1.91. The Kier molecular flexibility index (Phi) is 3.56. The van der Waals surface area contributed by atoms with Crippen LogP contribution >= 0.6 is 0 Å². The minimum absolute atomic E-state index is 0.0202. The van der Waals surface area contributed by atoms with Crippen molar-refractivity contribution in [1.82, 2.24) is 0 Å². The molecule has 0 amide bonds. The molecule has 0 aromatic heterocycles. The molecule has 2 rings (SSSR count). The summed E-state index contributed by atoms with van der Waals surface area (Å²) in [5, 5.41) is 9.31. The second-order valence-corrected chi connectivity index (χ2v) is 4.04. The highest BCUT2D eigenvalue weighted by Gasteiger charge is 2.11. The van der Waals surface area contributed by atoms with Gasteiger partial charge in [0.25, 0.3) is 0 Å². The minimum Gasteiger partial charge on any atom is -0.508 e. The lowest BCUT2D eigenvalue weighted by atomic mass is 10.1. The Balaban J connectivity index is 2.10. The molecule has 0 saturated carbocycles. The van der Waals surface area contributed by atoms with Crippen molar-refractivity contribution in [3.8, 4) is 5.75 Å². The Labute approximate surface area is 110 Å². The van der Waals surface area contributed by atoms with E-state index < -0.39 is 5.97 Å². The molecule has 0 radical (unpaired) electrons. The number of phenolic OH excluding ortho intramolecular Hbond substituents is 1. The quantitative estimate of drug-likeness (QED) is 0.577. The van der Waals surface area contributed by atoms with Crippen molar-refractivity contribution >= 4 is 17.3 Å². The van der Waals surface area contributed by atoms with E-state index in [1.54, 1.807) is 24.3 Å². The molecule has 5 heteroatoms. The monoisotopic (exact) mass is 258 g/mol. The van der Waals surface area contributed by atoms with Crippen molar-refractivity contribution in [2.24, 2.45) is 0 Å². The molecule has 98 valence electrons. The van der Waals surface area contributed by atoms with E-state index in [9.17, 15) is 9.90 Å². The number of ether oxygens (including phenoxy) is 1. The van der Waals surface area contributed by atoms with Crippen LogP contribution in [0.3, 0.4) is 0 Å². The number of carbonyl (C=O) groups is 1. The number of nitrogen functional groups attached to an aromatic ring is 2. The molecular formula is C14H14N2O3. The lowest BCUT2D eigenvalue weighted by Crippen LogP contribution is -2.08. The lowest BCUT2D eigenvalue weighted by Gasteiger charge is -2.10. The molecule has 5 nitrogen and oxygen atoms in total. The van der Waals surface area contributed by atoms with Gasteiger partial charge in [0.2, 0.25) is 0 Å². The maximum atomic E-state index is 11.8. The Morgan fingerprint density at radius 2 is 1.68 bits per heavy atom. The fourth-order valence-corrected chi connectivity index (χ4v) is 1.66. The van der Waals surface area contributed by atoms with E-state index in [-0.39, 0.29) is 12.4 Å². The first-order valence-corrected chi connectivity index (χ1v) is 5.67. The van der Waals surface area contributed by atoms with Crippen LogP contribution in [0.25, 0.3) is 0 Å². The summed E-state index contributed by atoms with van der Waals surface area (Å²) in [6.07, 6.45) is 0. The fraction of sp³-hybridized carbons (Fsp3) is 0.0714. The minimum atomic E-state index is -0.451. The third-order valence-electron chi connectivity index (χ3n) is 2.66. The number of anilines is 2. The highest BCUT2D eigenvalue weighted by Crippen LogP contribution is 2.26. The first-order valence-electron chi connectivity index (χ1n) is 5.67. The second-order valence-electron chi connectivity index (χ2n) is 4.04. The number of aromatic hydroxyl groups is 1. The van der Waals surface area contributed by atoms with E-state index >= 15 is 0 Å². The van der Waals surface area contributed by atoms with E-state index in [0.717, 1.165) is 0 Å². The summed E-state index contributed by atoms with van der Waals surface area (Å²) in [6.45, 7) is -0.0360. The third-order valence-corrected chi connectivity index (χ3v) is 2.66. The number of esters is 1. The van der Waals surface area contributed by atoms with Gasteiger partial charge in [-0.25, -0.2) is 4.79 Å². The molecule has 2 aromatic carbocycles. The summed E-state index contributed by atoms with van der Waals surface area (Å²) in [6, 6.07) is 11.4. The number of hydrogen-bond acceptors (Lipinski definition) is 5. The van der Waals surface area contributed by atoms with Crippen LogP contribution in [0, 0.1) is 0 Å². The van der Waals surface area contributed by atoms with Crippen molar-refractivity contribution in [1.29, 1.82) is 0 Å². The van der Waals surface area contributed by atoms with Gasteiger partial charge in [-0.2, -0.15) is 0 Å². The molecule has 19 heavy (non-hydrogen) atoms. The maximum absolute atomic E-state index is 11.8. The zero-order chi connectivity index (χ0) is 13.8. The van der Waals surface area contributed by atoms with Crippen LogP contribution in [0.4, 0.5) is 11.4 Å². The van der Waals surface area contributed by atoms with Crippen LogP contribution in [0.2, 0.25) is 0 Å². The Morgan fingerprint density at radius 3 is 2.26 bits per heavy atom. The molecule has 0 aliphatic rings. The number of rotatable bonds is 3. The fourth-order valence-electron chi connectivity index (χ4n) is 1.66. The largest absolute Gasteiger partial charge is 0.508 e. The maximum Gasteiger partial charge on any atom is 0.338 e. The van der Waals surface area contributed by atoms with Gasteiger partial charge in [-0.15, -0.1) is 0 Å². The average molecular weight is 258 g/mol. The smallest absolute Gasteiger partial charge is 0.338 e. The van der Waals surface area contributed by atoms with Gasteiger partial charge in [-0.1, -0.05) is 18.2 Å². The molecule has 0 bridgehead atoms.